The summed E-state index contributed by atoms with van der Waals surface area (Å²) in [5.41, 5.74) is 5.74. The SMILES string of the molecule is CCCCCCCCCCCCCCCNC(=O)CCN(CCCN)CCC(=O)NCCCCCCCCCCCCCCC. The van der Waals surface area contributed by atoms with E-state index < -0.39 is 0 Å². The molecule has 45 heavy (non-hydrogen) atoms. The molecule has 0 aliphatic carbocycles. The third-order valence-electron chi connectivity index (χ3n) is 9.19. The van der Waals surface area contributed by atoms with Crippen LogP contribution in [-0.2, 0) is 9.59 Å². The van der Waals surface area contributed by atoms with Crippen molar-refractivity contribution in [3.05, 3.63) is 0 Å². The van der Waals surface area contributed by atoms with Gasteiger partial charge in [-0.15, -0.1) is 0 Å². The van der Waals surface area contributed by atoms with E-state index in [1.165, 1.54) is 154 Å². The molecule has 0 rings (SSSR count). The first-order chi connectivity index (χ1) is 22.1. The standard InChI is InChI=1S/C39H80N4O2/c1-3-5-7-9-11-13-15-17-19-21-23-25-27-33-41-38(44)30-36-43(35-29-32-40)37-31-39(45)42-34-28-26-24-22-20-18-16-14-12-10-8-6-4-2/h3-37,40H2,1-2H3,(H,41,44)(H,42,45). The van der Waals surface area contributed by atoms with Crippen molar-refractivity contribution in [2.75, 3.05) is 39.3 Å². The number of rotatable bonds is 37. The Balaban J connectivity index is 3.69. The highest BCUT2D eigenvalue weighted by atomic mass is 16.2. The van der Waals surface area contributed by atoms with E-state index in [4.69, 9.17) is 5.73 Å². The fraction of sp³-hybridized carbons (Fsp3) is 0.949. The number of carbonyl (C=O) groups is 2. The van der Waals surface area contributed by atoms with Crippen LogP contribution in [0.3, 0.4) is 0 Å². The topological polar surface area (TPSA) is 87.5 Å². The molecule has 6 nitrogen and oxygen atoms in total. The summed E-state index contributed by atoms with van der Waals surface area (Å²) in [4.78, 5) is 27.0. The zero-order valence-corrected chi connectivity index (χ0v) is 30.6. The van der Waals surface area contributed by atoms with Gasteiger partial charge in [0.2, 0.25) is 11.8 Å². The molecule has 0 aromatic heterocycles. The maximum Gasteiger partial charge on any atom is 0.221 e. The Hall–Kier alpha value is -1.14. The van der Waals surface area contributed by atoms with Crippen molar-refractivity contribution in [1.82, 2.24) is 15.5 Å². The number of hydrogen-bond acceptors (Lipinski definition) is 4. The fourth-order valence-corrected chi connectivity index (χ4v) is 6.09. The molecule has 6 heteroatoms. The van der Waals surface area contributed by atoms with E-state index in [2.05, 4.69) is 29.4 Å². The number of unbranched alkanes of at least 4 members (excludes halogenated alkanes) is 24. The molecule has 0 aromatic carbocycles. The van der Waals surface area contributed by atoms with Gasteiger partial charge in [-0.25, -0.2) is 0 Å². The Morgan fingerprint density at radius 2 is 0.711 bits per heavy atom. The van der Waals surface area contributed by atoms with E-state index in [0.717, 1.165) is 38.9 Å². The van der Waals surface area contributed by atoms with Crippen LogP contribution in [0.1, 0.15) is 200 Å². The molecule has 0 saturated carbocycles. The summed E-state index contributed by atoms with van der Waals surface area (Å²) >= 11 is 0. The lowest BCUT2D eigenvalue weighted by molar-refractivity contribution is -0.121. The lowest BCUT2D eigenvalue weighted by Crippen LogP contribution is -2.35. The fourth-order valence-electron chi connectivity index (χ4n) is 6.09. The highest BCUT2D eigenvalue weighted by molar-refractivity contribution is 5.76. The molecule has 2 amide bonds. The maximum atomic E-state index is 12.4. The zero-order chi connectivity index (χ0) is 32.9. The number of carbonyl (C=O) groups excluding carboxylic acids is 2. The van der Waals surface area contributed by atoms with Crippen molar-refractivity contribution in [2.45, 2.75) is 200 Å². The first-order valence-corrected chi connectivity index (χ1v) is 20.1. The van der Waals surface area contributed by atoms with Gasteiger partial charge in [-0.1, -0.05) is 168 Å². The van der Waals surface area contributed by atoms with Gasteiger partial charge >= 0.3 is 0 Å². The van der Waals surface area contributed by atoms with Crippen LogP contribution in [0.5, 0.6) is 0 Å². The molecule has 0 spiro atoms. The van der Waals surface area contributed by atoms with Crippen LogP contribution in [0.4, 0.5) is 0 Å². The van der Waals surface area contributed by atoms with Gasteiger partial charge in [-0.05, 0) is 32.4 Å². The minimum Gasteiger partial charge on any atom is -0.356 e. The highest BCUT2D eigenvalue weighted by Gasteiger charge is 2.10. The number of nitrogens with zero attached hydrogens (tertiary/aromatic N) is 1. The molecule has 0 unspecified atom stereocenters. The second kappa shape index (κ2) is 37.3. The van der Waals surface area contributed by atoms with E-state index in [1.54, 1.807) is 0 Å². The van der Waals surface area contributed by atoms with Gasteiger partial charge in [-0.2, -0.15) is 0 Å². The number of nitrogens with one attached hydrogen (secondary N) is 2. The third-order valence-corrected chi connectivity index (χ3v) is 9.19. The van der Waals surface area contributed by atoms with Crippen LogP contribution < -0.4 is 16.4 Å². The summed E-state index contributed by atoms with van der Waals surface area (Å²) < 4.78 is 0. The number of hydrogen-bond donors (Lipinski definition) is 3. The van der Waals surface area contributed by atoms with Gasteiger partial charge < -0.3 is 21.3 Å². The zero-order valence-electron chi connectivity index (χ0n) is 30.6. The first kappa shape index (κ1) is 43.9. The molecule has 0 bridgehead atoms. The Kier molecular flexibility index (Phi) is 36.4. The van der Waals surface area contributed by atoms with Crippen LogP contribution in [0.2, 0.25) is 0 Å². The lowest BCUT2D eigenvalue weighted by Gasteiger charge is -2.21. The van der Waals surface area contributed by atoms with Gasteiger partial charge in [0.1, 0.15) is 0 Å². The van der Waals surface area contributed by atoms with E-state index >= 15 is 0 Å². The van der Waals surface area contributed by atoms with E-state index in [1.807, 2.05) is 0 Å². The van der Waals surface area contributed by atoms with Crippen LogP contribution in [-0.4, -0.2) is 56.0 Å². The highest BCUT2D eigenvalue weighted by Crippen LogP contribution is 2.13. The molecule has 0 heterocycles. The Bertz CT molecular complexity index is 568. The van der Waals surface area contributed by atoms with Crippen molar-refractivity contribution in [1.29, 1.82) is 0 Å². The van der Waals surface area contributed by atoms with E-state index in [0.29, 0.717) is 32.5 Å². The smallest absolute Gasteiger partial charge is 0.221 e. The minimum atomic E-state index is 0.124. The number of nitrogens with two attached hydrogens (primary N) is 1. The van der Waals surface area contributed by atoms with Gasteiger partial charge in [0.05, 0.1) is 0 Å². The molecule has 0 fully saturated rings. The van der Waals surface area contributed by atoms with Gasteiger partial charge in [0, 0.05) is 39.0 Å². The molecule has 0 atom stereocenters. The lowest BCUT2D eigenvalue weighted by atomic mass is 10.0. The predicted molar refractivity (Wildman–Crippen MR) is 197 cm³/mol. The maximum absolute atomic E-state index is 12.4. The average Bonchev–Trinajstić information content (AvgIpc) is 3.04. The van der Waals surface area contributed by atoms with E-state index in [-0.39, 0.29) is 11.8 Å². The molecule has 0 aliphatic heterocycles. The predicted octanol–water partition coefficient (Wildman–Crippen LogP) is 9.83. The van der Waals surface area contributed by atoms with Crippen LogP contribution in [0, 0.1) is 0 Å². The van der Waals surface area contributed by atoms with Crippen molar-refractivity contribution >= 4 is 11.8 Å². The molecule has 0 radical (unpaired) electrons. The monoisotopic (exact) mass is 637 g/mol. The summed E-state index contributed by atoms with van der Waals surface area (Å²) in [7, 11) is 0. The second-order valence-electron chi connectivity index (χ2n) is 13.7. The molecule has 0 saturated heterocycles. The molecule has 0 aromatic rings. The molecule has 0 aliphatic rings. The van der Waals surface area contributed by atoms with Crippen LogP contribution in [0.15, 0.2) is 0 Å². The Morgan fingerprint density at radius 1 is 0.422 bits per heavy atom. The molecular formula is C39H80N4O2. The Labute approximate surface area is 281 Å². The third kappa shape index (κ3) is 35.6. The van der Waals surface area contributed by atoms with Gasteiger partial charge in [0.25, 0.3) is 0 Å². The van der Waals surface area contributed by atoms with Crippen molar-refractivity contribution < 1.29 is 9.59 Å². The van der Waals surface area contributed by atoms with Crippen molar-refractivity contribution in [2.24, 2.45) is 5.73 Å². The van der Waals surface area contributed by atoms with E-state index in [9.17, 15) is 9.59 Å². The summed E-state index contributed by atoms with van der Waals surface area (Å²) in [6, 6.07) is 0. The summed E-state index contributed by atoms with van der Waals surface area (Å²) in [6.07, 6.45) is 36.7. The second-order valence-corrected chi connectivity index (χ2v) is 13.7. The van der Waals surface area contributed by atoms with Crippen LogP contribution >= 0.6 is 0 Å². The molecule has 268 valence electrons. The largest absolute Gasteiger partial charge is 0.356 e. The quantitative estimate of drug-likeness (QED) is 0.0592. The normalized spacial score (nSPS) is 11.4. The summed E-state index contributed by atoms with van der Waals surface area (Å²) in [6.45, 7) is 8.97. The molecular weight excluding hydrogens is 556 g/mol. The average molecular weight is 637 g/mol. The minimum absolute atomic E-state index is 0.124. The Morgan fingerprint density at radius 3 is 1.00 bits per heavy atom. The summed E-state index contributed by atoms with van der Waals surface area (Å²) in [5, 5.41) is 6.20. The number of amides is 2. The van der Waals surface area contributed by atoms with Crippen LogP contribution in [0.25, 0.3) is 0 Å². The van der Waals surface area contributed by atoms with Crippen molar-refractivity contribution in [3.8, 4) is 0 Å². The van der Waals surface area contributed by atoms with Gasteiger partial charge in [0.15, 0.2) is 0 Å². The van der Waals surface area contributed by atoms with Crippen molar-refractivity contribution in [3.63, 3.8) is 0 Å². The van der Waals surface area contributed by atoms with Gasteiger partial charge in [-0.3, -0.25) is 9.59 Å². The first-order valence-electron chi connectivity index (χ1n) is 20.1. The summed E-state index contributed by atoms with van der Waals surface area (Å²) in [5.74, 6) is 0.247. The molecule has 4 N–H and O–H groups in total.